The number of ketones is 1. The Kier molecular flexibility index (Phi) is 2.62. The molecule has 3 heterocycles. The van der Waals surface area contributed by atoms with Gasteiger partial charge in [0.25, 0.3) is 0 Å². The van der Waals surface area contributed by atoms with Crippen molar-refractivity contribution in [1.29, 1.82) is 0 Å². The van der Waals surface area contributed by atoms with Crippen molar-refractivity contribution in [3.63, 3.8) is 0 Å². The molecule has 0 aliphatic carbocycles. The molecule has 3 rings (SSSR count). The standard InChI is InChI=1S/C10H4ClN3OS2/c11-10-13-5-1-2-16-9(5)7(14-10)8(15)6-3-12-4-17-6/h1-4H. The van der Waals surface area contributed by atoms with E-state index in [1.807, 2.05) is 11.4 Å². The van der Waals surface area contributed by atoms with Crippen LogP contribution in [0.15, 0.2) is 23.2 Å². The van der Waals surface area contributed by atoms with E-state index in [0.29, 0.717) is 16.1 Å². The van der Waals surface area contributed by atoms with Gasteiger partial charge in [0.1, 0.15) is 5.69 Å². The number of halogens is 1. The van der Waals surface area contributed by atoms with Gasteiger partial charge in [0.15, 0.2) is 0 Å². The molecule has 0 radical (unpaired) electrons. The Morgan fingerprint density at radius 3 is 2.94 bits per heavy atom. The van der Waals surface area contributed by atoms with Gasteiger partial charge in [-0.15, -0.1) is 22.7 Å². The van der Waals surface area contributed by atoms with Crippen LogP contribution in [0.3, 0.4) is 0 Å². The number of rotatable bonds is 2. The second kappa shape index (κ2) is 4.14. The van der Waals surface area contributed by atoms with Crippen molar-refractivity contribution >= 4 is 50.3 Å². The van der Waals surface area contributed by atoms with Crippen molar-refractivity contribution in [2.45, 2.75) is 0 Å². The highest BCUT2D eigenvalue weighted by atomic mass is 35.5. The summed E-state index contributed by atoms with van der Waals surface area (Å²) in [6.45, 7) is 0. The van der Waals surface area contributed by atoms with Crippen LogP contribution < -0.4 is 0 Å². The zero-order valence-electron chi connectivity index (χ0n) is 8.25. The number of thiazole rings is 1. The van der Waals surface area contributed by atoms with Gasteiger partial charge in [-0.25, -0.2) is 9.97 Å². The molecule has 0 aliphatic rings. The van der Waals surface area contributed by atoms with Gasteiger partial charge in [-0.05, 0) is 23.0 Å². The molecular weight excluding hydrogens is 278 g/mol. The first kappa shape index (κ1) is 10.8. The maximum atomic E-state index is 12.2. The van der Waals surface area contributed by atoms with Crippen LogP contribution in [-0.4, -0.2) is 20.7 Å². The molecule has 3 aromatic heterocycles. The number of hydrogen-bond donors (Lipinski definition) is 0. The molecule has 0 fully saturated rings. The van der Waals surface area contributed by atoms with Crippen molar-refractivity contribution in [3.8, 4) is 0 Å². The summed E-state index contributed by atoms with van der Waals surface area (Å²) in [5, 5.41) is 1.95. The molecule has 0 spiro atoms. The summed E-state index contributed by atoms with van der Waals surface area (Å²) < 4.78 is 0.757. The Hall–Kier alpha value is -1.37. The minimum Gasteiger partial charge on any atom is -0.286 e. The van der Waals surface area contributed by atoms with Gasteiger partial charge in [0.05, 0.1) is 20.6 Å². The van der Waals surface area contributed by atoms with Crippen LogP contribution in [-0.2, 0) is 0 Å². The lowest BCUT2D eigenvalue weighted by Crippen LogP contribution is -2.03. The molecule has 0 aromatic carbocycles. The van der Waals surface area contributed by atoms with E-state index in [1.165, 1.54) is 28.9 Å². The molecule has 0 unspecified atom stereocenters. The zero-order valence-corrected chi connectivity index (χ0v) is 10.6. The highest BCUT2D eigenvalue weighted by molar-refractivity contribution is 7.17. The van der Waals surface area contributed by atoms with E-state index < -0.39 is 0 Å². The number of carbonyl (C=O) groups excluding carboxylic acids is 1. The average Bonchev–Trinajstić information content (AvgIpc) is 2.97. The molecule has 84 valence electrons. The third kappa shape index (κ3) is 1.84. The van der Waals surface area contributed by atoms with Crippen LogP contribution in [0.5, 0.6) is 0 Å². The third-order valence-corrected chi connectivity index (χ3v) is 4.00. The zero-order chi connectivity index (χ0) is 11.8. The summed E-state index contributed by atoms with van der Waals surface area (Å²) in [6, 6.07) is 1.82. The number of fused-ring (bicyclic) bond motifs is 1. The Bertz CT molecular complexity index is 693. The van der Waals surface area contributed by atoms with E-state index in [9.17, 15) is 4.79 Å². The van der Waals surface area contributed by atoms with E-state index >= 15 is 0 Å². The molecular formula is C10H4ClN3OS2. The summed E-state index contributed by atoms with van der Waals surface area (Å²) in [7, 11) is 0. The maximum Gasteiger partial charge on any atom is 0.224 e. The number of nitrogens with zero attached hydrogens (tertiary/aromatic N) is 3. The van der Waals surface area contributed by atoms with Crippen LogP contribution >= 0.6 is 34.3 Å². The fraction of sp³-hybridized carbons (Fsp3) is 0. The van der Waals surface area contributed by atoms with E-state index in [0.717, 1.165) is 4.70 Å². The predicted octanol–water partition coefficient (Wildman–Crippen LogP) is 3.03. The number of aromatic nitrogens is 3. The quantitative estimate of drug-likeness (QED) is 0.535. The van der Waals surface area contributed by atoms with Crippen LogP contribution in [0.25, 0.3) is 10.2 Å². The third-order valence-electron chi connectivity index (χ3n) is 2.15. The summed E-state index contributed by atoms with van der Waals surface area (Å²) in [6.07, 6.45) is 1.53. The number of hydrogen-bond acceptors (Lipinski definition) is 6. The minimum absolute atomic E-state index is 0.0868. The smallest absolute Gasteiger partial charge is 0.224 e. The van der Waals surface area contributed by atoms with E-state index in [4.69, 9.17) is 11.6 Å². The molecule has 0 saturated heterocycles. The highest BCUT2D eigenvalue weighted by Crippen LogP contribution is 2.26. The molecule has 0 amide bonds. The lowest BCUT2D eigenvalue weighted by atomic mass is 10.2. The molecule has 0 N–H and O–H groups in total. The van der Waals surface area contributed by atoms with Gasteiger partial charge in [-0.1, -0.05) is 0 Å². The first-order valence-corrected chi connectivity index (χ1v) is 6.73. The van der Waals surface area contributed by atoms with E-state index in [2.05, 4.69) is 15.0 Å². The van der Waals surface area contributed by atoms with E-state index in [-0.39, 0.29) is 11.1 Å². The second-order valence-corrected chi connectivity index (χ2v) is 5.31. The first-order chi connectivity index (χ1) is 8.25. The SMILES string of the molecule is O=C(c1cncs1)c1nc(Cl)nc2ccsc12. The molecule has 0 aliphatic heterocycles. The van der Waals surface area contributed by atoms with Crippen molar-refractivity contribution in [3.05, 3.63) is 39.0 Å². The molecule has 3 aromatic rings. The monoisotopic (exact) mass is 281 g/mol. The fourth-order valence-electron chi connectivity index (χ4n) is 1.43. The summed E-state index contributed by atoms with van der Waals surface area (Å²) in [5.74, 6) is -0.163. The van der Waals surface area contributed by atoms with Crippen LogP contribution in [0.1, 0.15) is 15.4 Å². The minimum atomic E-state index is -0.163. The predicted molar refractivity (Wildman–Crippen MR) is 68.0 cm³/mol. The average molecular weight is 282 g/mol. The number of thiophene rings is 1. The Labute approximate surface area is 109 Å². The van der Waals surface area contributed by atoms with Crippen molar-refractivity contribution < 1.29 is 4.79 Å². The van der Waals surface area contributed by atoms with Gasteiger partial charge < -0.3 is 0 Å². The van der Waals surface area contributed by atoms with E-state index in [1.54, 1.807) is 5.51 Å². The summed E-state index contributed by atoms with van der Waals surface area (Å²) in [4.78, 5) is 24.7. The lowest BCUT2D eigenvalue weighted by Gasteiger charge is -1.99. The van der Waals surface area contributed by atoms with Crippen LogP contribution in [0, 0.1) is 0 Å². The van der Waals surface area contributed by atoms with Gasteiger partial charge in [0.2, 0.25) is 11.1 Å². The Morgan fingerprint density at radius 1 is 1.29 bits per heavy atom. The topological polar surface area (TPSA) is 55.7 Å². The van der Waals surface area contributed by atoms with Crippen molar-refractivity contribution in [2.24, 2.45) is 0 Å². The fourth-order valence-corrected chi connectivity index (χ4v) is 2.99. The van der Waals surface area contributed by atoms with Crippen molar-refractivity contribution in [2.75, 3.05) is 0 Å². The molecule has 7 heteroatoms. The number of carbonyl (C=O) groups is 1. The van der Waals surface area contributed by atoms with Gasteiger partial charge >= 0.3 is 0 Å². The molecule has 0 saturated carbocycles. The first-order valence-electron chi connectivity index (χ1n) is 4.59. The highest BCUT2D eigenvalue weighted by Gasteiger charge is 2.18. The maximum absolute atomic E-state index is 12.2. The summed E-state index contributed by atoms with van der Waals surface area (Å²) >= 11 is 8.52. The molecule has 17 heavy (non-hydrogen) atoms. The van der Waals surface area contributed by atoms with Gasteiger partial charge in [0, 0.05) is 6.20 Å². The lowest BCUT2D eigenvalue weighted by molar-refractivity contribution is 0.103. The molecule has 4 nitrogen and oxygen atoms in total. The molecule has 0 atom stereocenters. The normalized spacial score (nSPS) is 10.9. The second-order valence-electron chi connectivity index (χ2n) is 3.17. The van der Waals surface area contributed by atoms with Crippen LogP contribution in [0.2, 0.25) is 5.28 Å². The van der Waals surface area contributed by atoms with Crippen LogP contribution in [0.4, 0.5) is 0 Å². The van der Waals surface area contributed by atoms with Gasteiger partial charge in [-0.2, -0.15) is 0 Å². The van der Waals surface area contributed by atoms with Crippen molar-refractivity contribution in [1.82, 2.24) is 15.0 Å². The Morgan fingerprint density at radius 2 is 2.18 bits per heavy atom. The Balaban J connectivity index is 2.23. The van der Waals surface area contributed by atoms with Gasteiger partial charge in [-0.3, -0.25) is 9.78 Å². The molecule has 0 bridgehead atoms. The summed E-state index contributed by atoms with van der Waals surface area (Å²) in [5.41, 5.74) is 2.66. The largest absolute Gasteiger partial charge is 0.286 e.